The van der Waals surface area contributed by atoms with E-state index in [-0.39, 0.29) is 23.6 Å². The fourth-order valence-electron chi connectivity index (χ4n) is 3.84. The summed E-state index contributed by atoms with van der Waals surface area (Å²) < 4.78 is 1.90. The Morgan fingerprint density at radius 1 is 1.26 bits per heavy atom. The number of rotatable bonds is 9. The van der Waals surface area contributed by atoms with Gasteiger partial charge in [0.2, 0.25) is 5.91 Å². The van der Waals surface area contributed by atoms with Crippen LogP contribution in [-0.4, -0.2) is 38.4 Å². The summed E-state index contributed by atoms with van der Waals surface area (Å²) >= 11 is 1.36. The lowest BCUT2D eigenvalue weighted by Gasteiger charge is -2.22. The Labute approximate surface area is 188 Å². The molecule has 8 heteroatoms. The van der Waals surface area contributed by atoms with Gasteiger partial charge in [0.1, 0.15) is 0 Å². The summed E-state index contributed by atoms with van der Waals surface area (Å²) in [4.78, 5) is 25.0. The van der Waals surface area contributed by atoms with E-state index in [1.165, 1.54) is 31.0 Å². The number of nitrogens with one attached hydrogen (secondary N) is 2. The van der Waals surface area contributed by atoms with Crippen LogP contribution < -0.4 is 10.6 Å². The number of allylic oxidation sites excluding steroid dienone is 1. The van der Waals surface area contributed by atoms with E-state index in [2.05, 4.69) is 27.4 Å². The van der Waals surface area contributed by atoms with Crippen LogP contribution in [0.1, 0.15) is 66.8 Å². The van der Waals surface area contributed by atoms with Crippen LogP contribution in [0.5, 0.6) is 0 Å². The molecule has 7 nitrogen and oxygen atoms in total. The molecule has 1 aliphatic rings. The van der Waals surface area contributed by atoms with E-state index in [9.17, 15) is 9.59 Å². The van der Waals surface area contributed by atoms with Crippen molar-refractivity contribution in [3.8, 4) is 0 Å². The lowest BCUT2D eigenvalue weighted by molar-refractivity contribution is -0.119. The largest absolute Gasteiger partial charge is 0.353 e. The summed E-state index contributed by atoms with van der Waals surface area (Å²) in [5.74, 6) is 0.791. The molecule has 1 aromatic heterocycles. The average molecular weight is 442 g/mol. The van der Waals surface area contributed by atoms with Crippen LogP contribution >= 0.6 is 11.8 Å². The van der Waals surface area contributed by atoms with E-state index in [4.69, 9.17) is 0 Å². The van der Waals surface area contributed by atoms with Crippen molar-refractivity contribution in [2.45, 2.75) is 69.7 Å². The standard InChI is InChI=1S/C23H31N5O2S/c1-4-14-28-21(17(3)24-22(30)19-13-9-8-10-16(19)2)26-27-23(28)31-15-20(29)25-18-11-6-5-7-12-18/h4,8-10,13,17-18H,1,5-7,11-12,14-15H2,2-3H3,(H,24,30)(H,25,29)/t17-/m0/s1. The van der Waals surface area contributed by atoms with Gasteiger partial charge in [-0.2, -0.15) is 0 Å². The second kappa shape index (κ2) is 11.1. The SMILES string of the molecule is C=CCn1c(SCC(=O)NC2CCCCC2)nnc1[C@H](C)NC(=O)c1ccccc1C. The van der Waals surface area contributed by atoms with Crippen molar-refractivity contribution >= 4 is 23.6 Å². The minimum atomic E-state index is -0.343. The van der Waals surface area contributed by atoms with Gasteiger partial charge in [0.25, 0.3) is 5.91 Å². The molecule has 1 aliphatic carbocycles. The molecule has 1 aromatic carbocycles. The molecule has 0 bridgehead atoms. The van der Waals surface area contributed by atoms with Crippen LogP contribution in [0, 0.1) is 6.92 Å². The van der Waals surface area contributed by atoms with Gasteiger partial charge >= 0.3 is 0 Å². The zero-order chi connectivity index (χ0) is 22.2. The van der Waals surface area contributed by atoms with Crippen LogP contribution in [0.4, 0.5) is 0 Å². The van der Waals surface area contributed by atoms with Crippen molar-refractivity contribution in [2.24, 2.45) is 0 Å². The molecule has 31 heavy (non-hydrogen) atoms. The molecule has 0 unspecified atom stereocenters. The van der Waals surface area contributed by atoms with Crippen LogP contribution in [-0.2, 0) is 11.3 Å². The maximum absolute atomic E-state index is 12.7. The number of carbonyl (C=O) groups excluding carboxylic acids is 2. The molecular formula is C23H31N5O2S. The predicted molar refractivity (Wildman–Crippen MR) is 123 cm³/mol. The molecule has 2 N–H and O–H groups in total. The number of hydrogen-bond donors (Lipinski definition) is 2. The summed E-state index contributed by atoms with van der Waals surface area (Å²) in [7, 11) is 0. The zero-order valence-corrected chi connectivity index (χ0v) is 19.1. The lowest BCUT2D eigenvalue weighted by atomic mass is 9.95. The van der Waals surface area contributed by atoms with Gasteiger partial charge in [0.15, 0.2) is 11.0 Å². The Morgan fingerprint density at radius 3 is 2.71 bits per heavy atom. The molecule has 2 aromatic rings. The van der Waals surface area contributed by atoms with Crippen LogP contribution in [0.3, 0.4) is 0 Å². The van der Waals surface area contributed by atoms with Crippen molar-refractivity contribution in [1.29, 1.82) is 0 Å². The highest BCUT2D eigenvalue weighted by molar-refractivity contribution is 7.99. The number of benzene rings is 1. The van der Waals surface area contributed by atoms with Crippen LogP contribution in [0.15, 0.2) is 42.1 Å². The van der Waals surface area contributed by atoms with Crippen molar-refractivity contribution in [2.75, 3.05) is 5.75 Å². The Morgan fingerprint density at radius 2 is 2.00 bits per heavy atom. The molecule has 1 heterocycles. The first-order valence-electron chi connectivity index (χ1n) is 10.8. The Bertz CT molecular complexity index is 920. The fourth-order valence-corrected chi connectivity index (χ4v) is 4.61. The normalized spacial score (nSPS) is 15.3. The van der Waals surface area contributed by atoms with Crippen molar-refractivity contribution in [3.63, 3.8) is 0 Å². The minimum absolute atomic E-state index is 0.0208. The van der Waals surface area contributed by atoms with Gasteiger partial charge in [0.05, 0.1) is 11.8 Å². The second-order valence-corrected chi connectivity index (χ2v) is 8.88. The van der Waals surface area contributed by atoms with Gasteiger partial charge in [0, 0.05) is 18.2 Å². The van der Waals surface area contributed by atoms with Crippen molar-refractivity contribution < 1.29 is 9.59 Å². The molecule has 166 valence electrons. The molecule has 3 rings (SSSR count). The van der Waals surface area contributed by atoms with Gasteiger partial charge < -0.3 is 15.2 Å². The summed E-state index contributed by atoms with van der Waals surface area (Å²) in [6.45, 7) is 8.11. The van der Waals surface area contributed by atoms with Gasteiger partial charge in [-0.25, -0.2) is 0 Å². The zero-order valence-electron chi connectivity index (χ0n) is 18.3. The smallest absolute Gasteiger partial charge is 0.252 e. The first kappa shape index (κ1) is 23.1. The van der Waals surface area contributed by atoms with Crippen LogP contribution in [0.25, 0.3) is 0 Å². The quantitative estimate of drug-likeness (QED) is 0.456. The number of hydrogen-bond acceptors (Lipinski definition) is 5. The molecule has 1 saturated carbocycles. The van der Waals surface area contributed by atoms with Gasteiger partial charge in [-0.1, -0.05) is 55.3 Å². The summed E-state index contributed by atoms with van der Waals surface area (Å²) in [6, 6.07) is 7.42. The predicted octanol–water partition coefficient (Wildman–Crippen LogP) is 3.80. The number of nitrogens with zero attached hydrogens (tertiary/aromatic N) is 3. The second-order valence-electron chi connectivity index (χ2n) is 7.94. The Kier molecular flexibility index (Phi) is 8.28. The Hall–Kier alpha value is -2.61. The molecule has 0 spiro atoms. The topological polar surface area (TPSA) is 88.9 Å². The summed E-state index contributed by atoms with van der Waals surface area (Å²) in [5.41, 5.74) is 1.55. The van der Waals surface area contributed by atoms with Crippen molar-refractivity contribution in [1.82, 2.24) is 25.4 Å². The van der Waals surface area contributed by atoms with E-state index < -0.39 is 0 Å². The monoisotopic (exact) mass is 441 g/mol. The third-order valence-electron chi connectivity index (χ3n) is 5.48. The summed E-state index contributed by atoms with van der Waals surface area (Å²) in [6.07, 6.45) is 7.50. The summed E-state index contributed by atoms with van der Waals surface area (Å²) in [5, 5.41) is 15.3. The maximum Gasteiger partial charge on any atom is 0.252 e. The third-order valence-corrected chi connectivity index (χ3v) is 6.45. The number of carbonyl (C=O) groups is 2. The van der Waals surface area contributed by atoms with Crippen LogP contribution in [0.2, 0.25) is 0 Å². The molecule has 1 fully saturated rings. The van der Waals surface area contributed by atoms with Gasteiger partial charge in [-0.3, -0.25) is 9.59 Å². The maximum atomic E-state index is 12.7. The highest BCUT2D eigenvalue weighted by Gasteiger charge is 2.22. The van der Waals surface area contributed by atoms with E-state index in [1.807, 2.05) is 36.6 Å². The van der Waals surface area contributed by atoms with Gasteiger partial charge in [-0.05, 0) is 38.3 Å². The minimum Gasteiger partial charge on any atom is -0.353 e. The third kappa shape index (κ3) is 6.19. The lowest BCUT2D eigenvalue weighted by Crippen LogP contribution is -2.37. The number of thioether (sulfide) groups is 1. The highest BCUT2D eigenvalue weighted by Crippen LogP contribution is 2.22. The molecule has 0 radical (unpaired) electrons. The molecule has 0 aliphatic heterocycles. The van der Waals surface area contributed by atoms with E-state index in [0.717, 1.165) is 18.4 Å². The number of aryl methyl sites for hydroxylation is 1. The first-order chi connectivity index (χ1) is 15.0. The van der Waals surface area contributed by atoms with Gasteiger partial charge in [-0.15, -0.1) is 16.8 Å². The molecule has 2 amide bonds. The highest BCUT2D eigenvalue weighted by atomic mass is 32.2. The molecule has 0 saturated heterocycles. The fraction of sp³-hybridized carbons (Fsp3) is 0.478. The Balaban J connectivity index is 1.63. The molecular weight excluding hydrogens is 410 g/mol. The van der Waals surface area contributed by atoms with E-state index in [1.54, 1.807) is 12.1 Å². The molecule has 1 atom stereocenters. The number of aromatic nitrogens is 3. The van der Waals surface area contributed by atoms with E-state index in [0.29, 0.717) is 29.1 Å². The van der Waals surface area contributed by atoms with Crippen molar-refractivity contribution in [3.05, 3.63) is 53.9 Å². The van der Waals surface area contributed by atoms with E-state index >= 15 is 0 Å². The first-order valence-corrected chi connectivity index (χ1v) is 11.8. The number of amides is 2. The average Bonchev–Trinajstić information content (AvgIpc) is 3.16.